The third-order valence-electron chi connectivity index (χ3n) is 2.97. The Kier molecular flexibility index (Phi) is 3.12. The maximum absolute atomic E-state index is 12.3. The van der Waals surface area contributed by atoms with Crippen LogP contribution in [0.3, 0.4) is 0 Å². The SMILES string of the molecule is O=C1O/C(=C\c2ccccc2)C(=O)c2ccc(Cl)cc21. The molecular formula is C16H9ClO3. The summed E-state index contributed by atoms with van der Waals surface area (Å²) in [7, 11) is 0. The van der Waals surface area contributed by atoms with Crippen molar-refractivity contribution in [2.75, 3.05) is 0 Å². The van der Waals surface area contributed by atoms with E-state index in [1.807, 2.05) is 30.3 Å². The highest BCUT2D eigenvalue weighted by molar-refractivity contribution is 6.31. The minimum absolute atomic E-state index is 0.0241. The van der Waals surface area contributed by atoms with Crippen molar-refractivity contribution in [3.63, 3.8) is 0 Å². The first-order valence-electron chi connectivity index (χ1n) is 5.98. The third-order valence-corrected chi connectivity index (χ3v) is 3.21. The Balaban J connectivity index is 2.06. The molecule has 1 aliphatic heterocycles. The quantitative estimate of drug-likeness (QED) is 0.592. The van der Waals surface area contributed by atoms with Crippen LogP contribution < -0.4 is 0 Å². The minimum atomic E-state index is -0.565. The first kappa shape index (κ1) is 12.6. The Morgan fingerprint density at radius 1 is 0.950 bits per heavy atom. The number of hydrogen-bond acceptors (Lipinski definition) is 3. The molecule has 20 heavy (non-hydrogen) atoms. The number of carbonyl (C=O) groups is 2. The van der Waals surface area contributed by atoms with Gasteiger partial charge in [0.1, 0.15) is 0 Å². The summed E-state index contributed by atoms with van der Waals surface area (Å²) in [5.41, 5.74) is 1.31. The number of halogens is 1. The van der Waals surface area contributed by atoms with Gasteiger partial charge in [0.05, 0.1) is 5.56 Å². The van der Waals surface area contributed by atoms with E-state index < -0.39 is 5.97 Å². The van der Waals surface area contributed by atoms with Gasteiger partial charge >= 0.3 is 5.97 Å². The molecule has 0 aromatic heterocycles. The first-order valence-corrected chi connectivity index (χ1v) is 6.36. The molecule has 2 aromatic rings. The van der Waals surface area contributed by atoms with E-state index in [0.29, 0.717) is 10.6 Å². The molecule has 4 heteroatoms. The standard InChI is InChI=1S/C16H9ClO3/c17-11-6-7-12-13(9-11)16(19)20-14(15(12)18)8-10-4-2-1-3-5-10/h1-9H/b14-8-. The minimum Gasteiger partial charge on any atom is -0.419 e. The van der Waals surface area contributed by atoms with Crippen LogP contribution in [-0.2, 0) is 4.74 Å². The van der Waals surface area contributed by atoms with Gasteiger partial charge in [-0.1, -0.05) is 41.9 Å². The van der Waals surface area contributed by atoms with Gasteiger partial charge in [-0.15, -0.1) is 0 Å². The van der Waals surface area contributed by atoms with Crippen LogP contribution in [0.4, 0.5) is 0 Å². The van der Waals surface area contributed by atoms with Crippen LogP contribution in [0.2, 0.25) is 5.02 Å². The number of hydrogen-bond donors (Lipinski definition) is 0. The summed E-state index contributed by atoms with van der Waals surface area (Å²) in [5, 5.41) is 0.393. The van der Waals surface area contributed by atoms with Gasteiger partial charge in [0.15, 0.2) is 5.76 Å². The lowest BCUT2D eigenvalue weighted by Crippen LogP contribution is -2.22. The zero-order valence-electron chi connectivity index (χ0n) is 10.3. The molecule has 3 nitrogen and oxygen atoms in total. The highest BCUT2D eigenvalue weighted by Crippen LogP contribution is 2.26. The summed E-state index contributed by atoms with van der Waals surface area (Å²) < 4.78 is 5.10. The van der Waals surface area contributed by atoms with Gasteiger partial charge in [-0.05, 0) is 29.8 Å². The molecule has 3 rings (SSSR count). The first-order chi connectivity index (χ1) is 9.65. The number of cyclic esters (lactones) is 1. The van der Waals surface area contributed by atoms with E-state index in [2.05, 4.69) is 0 Å². The molecule has 0 radical (unpaired) electrons. The summed E-state index contributed by atoms with van der Waals surface area (Å²) in [6.07, 6.45) is 1.55. The molecule has 0 unspecified atom stereocenters. The molecule has 0 amide bonds. The normalized spacial score (nSPS) is 15.9. The summed E-state index contributed by atoms with van der Waals surface area (Å²) in [6.45, 7) is 0. The molecule has 0 aliphatic carbocycles. The molecule has 0 bridgehead atoms. The van der Waals surface area contributed by atoms with Gasteiger partial charge in [-0.2, -0.15) is 0 Å². The van der Waals surface area contributed by atoms with Crippen LogP contribution >= 0.6 is 11.6 Å². The van der Waals surface area contributed by atoms with Crippen LogP contribution in [0.5, 0.6) is 0 Å². The number of Topliss-reactive ketones (excluding diaryl/α,β-unsaturated/α-hetero) is 1. The number of carbonyl (C=O) groups excluding carboxylic acids is 2. The predicted molar refractivity (Wildman–Crippen MR) is 75.6 cm³/mol. The Morgan fingerprint density at radius 3 is 2.45 bits per heavy atom. The monoisotopic (exact) mass is 284 g/mol. The second kappa shape index (κ2) is 4.94. The molecule has 0 saturated heterocycles. The molecule has 0 fully saturated rings. The van der Waals surface area contributed by atoms with E-state index in [1.165, 1.54) is 6.07 Å². The molecule has 0 atom stereocenters. The number of rotatable bonds is 1. The van der Waals surface area contributed by atoms with Gasteiger partial charge in [0.25, 0.3) is 0 Å². The zero-order valence-corrected chi connectivity index (χ0v) is 11.1. The zero-order chi connectivity index (χ0) is 14.1. The lowest BCUT2D eigenvalue weighted by Gasteiger charge is -2.17. The molecule has 1 heterocycles. The summed E-state index contributed by atoms with van der Waals surface area (Å²) in [6, 6.07) is 13.8. The molecule has 0 N–H and O–H groups in total. The fraction of sp³-hybridized carbons (Fsp3) is 0. The van der Waals surface area contributed by atoms with Crippen molar-refractivity contribution >= 4 is 29.4 Å². The number of benzene rings is 2. The van der Waals surface area contributed by atoms with E-state index >= 15 is 0 Å². The number of esters is 1. The van der Waals surface area contributed by atoms with E-state index in [4.69, 9.17) is 16.3 Å². The summed E-state index contributed by atoms with van der Waals surface area (Å²) >= 11 is 5.82. The second-order valence-electron chi connectivity index (χ2n) is 4.33. The fourth-order valence-electron chi connectivity index (χ4n) is 2.01. The van der Waals surface area contributed by atoms with Crippen molar-refractivity contribution < 1.29 is 14.3 Å². The van der Waals surface area contributed by atoms with Crippen LogP contribution in [-0.4, -0.2) is 11.8 Å². The van der Waals surface area contributed by atoms with Crippen molar-refractivity contribution in [1.82, 2.24) is 0 Å². The van der Waals surface area contributed by atoms with Gasteiger partial charge in [-0.25, -0.2) is 4.79 Å². The Hall–Kier alpha value is -2.39. The maximum atomic E-state index is 12.3. The molecular weight excluding hydrogens is 276 g/mol. The van der Waals surface area contributed by atoms with E-state index in [-0.39, 0.29) is 17.1 Å². The molecule has 0 spiro atoms. The van der Waals surface area contributed by atoms with Crippen molar-refractivity contribution in [2.45, 2.75) is 0 Å². The van der Waals surface area contributed by atoms with Crippen molar-refractivity contribution in [3.8, 4) is 0 Å². The lowest BCUT2D eigenvalue weighted by molar-refractivity contribution is 0.0567. The maximum Gasteiger partial charge on any atom is 0.344 e. The van der Waals surface area contributed by atoms with Crippen molar-refractivity contribution in [3.05, 3.63) is 76.0 Å². The Labute approximate surface area is 120 Å². The largest absolute Gasteiger partial charge is 0.419 e. The van der Waals surface area contributed by atoms with E-state index in [9.17, 15) is 9.59 Å². The van der Waals surface area contributed by atoms with Gasteiger partial charge in [0, 0.05) is 10.6 Å². The summed E-state index contributed by atoms with van der Waals surface area (Å²) in [4.78, 5) is 24.2. The Morgan fingerprint density at radius 2 is 1.70 bits per heavy atom. The van der Waals surface area contributed by atoms with Crippen molar-refractivity contribution in [1.29, 1.82) is 0 Å². The smallest absolute Gasteiger partial charge is 0.344 e. The third kappa shape index (κ3) is 2.24. The van der Waals surface area contributed by atoms with Crippen molar-refractivity contribution in [2.24, 2.45) is 0 Å². The van der Waals surface area contributed by atoms with Gasteiger partial charge < -0.3 is 4.74 Å². The summed E-state index contributed by atoms with van der Waals surface area (Å²) in [5.74, 6) is -0.861. The lowest BCUT2D eigenvalue weighted by atomic mass is 9.99. The molecule has 2 aromatic carbocycles. The number of ether oxygens (including phenoxy) is 1. The molecule has 1 aliphatic rings. The number of allylic oxidation sites excluding steroid dienone is 1. The van der Waals surface area contributed by atoms with Gasteiger partial charge in [0.2, 0.25) is 5.78 Å². The van der Waals surface area contributed by atoms with Crippen LogP contribution in [0, 0.1) is 0 Å². The predicted octanol–water partition coefficient (Wildman–Crippen LogP) is 3.73. The highest BCUT2D eigenvalue weighted by atomic mass is 35.5. The van der Waals surface area contributed by atoms with Gasteiger partial charge in [-0.3, -0.25) is 4.79 Å². The van der Waals surface area contributed by atoms with Crippen LogP contribution in [0.15, 0.2) is 54.3 Å². The van der Waals surface area contributed by atoms with E-state index in [1.54, 1.807) is 18.2 Å². The van der Waals surface area contributed by atoms with Crippen LogP contribution in [0.1, 0.15) is 26.3 Å². The Bertz CT molecular complexity index is 733. The molecule has 0 saturated carbocycles. The number of fused-ring (bicyclic) bond motifs is 1. The average molecular weight is 285 g/mol. The van der Waals surface area contributed by atoms with E-state index in [0.717, 1.165) is 5.56 Å². The second-order valence-corrected chi connectivity index (χ2v) is 4.76. The highest BCUT2D eigenvalue weighted by Gasteiger charge is 2.29. The average Bonchev–Trinajstić information content (AvgIpc) is 2.45. The number of ketones is 1. The topological polar surface area (TPSA) is 43.4 Å². The molecule has 98 valence electrons. The fourth-order valence-corrected chi connectivity index (χ4v) is 2.19. The van der Waals surface area contributed by atoms with Crippen LogP contribution in [0.25, 0.3) is 6.08 Å².